The summed E-state index contributed by atoms with van der Waals surface area (Å²) in [6, 6.07) is 15.5. The minimum Gasteiger partial charge on any atom is -0.497 e. The lowest BCUT2D eigenvalue weighted by Gasteiger charge is -2.23. The van der Waals surface area contributed by atoms with Gasteiger partial charge < -0.3 is 15.2 Å². The maximum Gasteiger partial charge on any atom is 0.139 e. The van der Waals surface area contributed by atoms with Crippen molar-refractivity contribution in [3.63, 3.8) is 0 Å². The Labute approximate surface area is 127 Å². The molecule has 20 heavy (non-hydrogen) atoms. The van der Waals surface area contributed by atoms with Gasteiger partial charge in [-0.05, 0) is 46.6 Å². The van der Waals surface area contributed by atoms with E-state index < -0.39 is 0 Å². The van der Waals surface area contributed by atoms with Gasteiger partial charge in [0.1, 0.15) is 17.6 Å². The molecule has 2 aromatic rings. The number of ether oxygens (including phenoxy) is 2. The lowest BCUT2D eigenvalue weighted by Crippen LogP contribution is -2.29. The second-order valence-corrected chi connectivity index (χ2v) is 5.46. The Morgan fingerprint density at radius 3 is 2.35 bits per heavy atom. The van der Waals surface area contributed by atoms with Crippen molar-refractivity contribution in [2.45, 2.75) is 19.1 Å². The highest BCUT2D eigenvalue weighted by Crippen LogP contribution is 2.33. The van der Waals surface area contributed by atoms with Crippen LogP contribution in [0.15, 0.2) is 53.0 Å². The SMILES string of the molecule is COc1ccc(OC(c2ccccc2)C(C)N)c(Br)c1. The van der Waals surface area contributed by atoms with E-state index in [2.05, 4.69) is 15.9 Å². The molecule has 2 aromatic carbocycles. The highest BCUT2D eigenvalue weighted by Gasteiger charge is 2.19. The number of hydrogen-bond acceptors (Lipinski definition) is 3. The minimum atomic E-state index is -0.194. The van der Waals surface area contributed by atoms with Crippen LogP contribution in [0.25, 0.3) is 0 Å². The summed E-state index contributed by atoms with van der Waals surface area (Å²) in [5.41, 5.74) is 7.12. The molecule has 0 aliphatic carbocycles. The molecule has 0 aliphatic rings. The van der Waals surface area contributed by atoms with Crippen LogP contribution in [0, 0.1) is 0 Å². The minimum absolute atomic E-state index is 0.119. The van der Waals surface area contributed by atoms with E-state index in [4.69, 9.17) is 15.2 Å². The topological polar surface area (TPSA) is 44.5 Å². The molecule has 4 heteroatoms. The lowest BCUT2D eigenvalue weighted by molar-refractivity contribution is 0.179. The molecular weight excluding hydrogens is 318 g/mol. The number of nitrogens with two attached hydrogens (primary N) is 1. The van der Waals surface area contributed by atoms with Crippen molar-refractivity contribution < 1.29 is 9.47 Å². The van der Waals surface area contributed by atoms with E-state index in [9.17, 15) is 0 Å². The van der Waals surface area contributed by atoms with Crippen LogP contribution < -0.4 is 15.2 Å². The maximum absolute atomic E-state index is 6.06. The summed E-state index contributed by atoms with van der Waals surface area (Å²) in [6.45, 7) is 1.94. The molecule has 2 rings (SSSR count). The molecular formula is C16H18BrNO2. The van der Waals surface area contributed by atoms with Crippen molar-refractivity contribution >= 4 is 15.9 Å². The third kappa shape index (κ3) is 3.52. The number of hydrogen-bond donors (Lipinski definition) is 1. The van der Waals surface area contributed by atoms with Gasteiger partial charge in [-0.1, -0.05) is 30.3 Å². The average Bonchev–Trinajstić information content (AvgIpc) is 2.46. The number of rotatable bonds is 5. The molecule has 0 saturated carbocycles. The molecule has 0 bridgehead atoms. The van der Waals surface area contributed by atoms with Gasteiger partial charge in [0.15, 0.2) is 0 Å². The van der Waals surface area contributed by atoms with Crippen LogP contribution in [0.1, 0.15) is 18.6 Å². The first-order valence-corrected chi connectivity index (χ1v) is 7.22. The van der Waals surface area contributed by atoms with E-state index in [1.165, 1.54) is 0 Å². The van der Waals surface area contributed by atoms with E-state index in [1.54, 1.807) is 7.11 Å². The van der Waals surface area contributed by atoms with Gasteiger partial charge in [-0.3, -0.25) is 0 Å². The third-order valence-electron chi connectivity index (χ3n) is 3.00. The molecule has 0 amide bonds. The summed E-state index contributed by atoms with van der Waals surface area (Å²) in [7, 11) is 1.64. The Balaban J connectivity index is 2.25. The highest BCUT2D eigenvalue weighted by molar-refractivity contribution is 9.10. The molecule has 3 nitrogen and oxygen atoms in total. The van der Waals surface area contributed by atoms with Gasteiger partial charge >= 0.3 is 0 Å². The Hall–Kier alpha value is -1.52. The Morgan fingerprint density at radius 1 is 1.10 bits per heavy atom. The Morgan fingerprint density at radius 2 is 1.80 bits per heavy atom. The first-order valence-electron chi connectivity index (χ1n) is 6.42. The van der Waals surface area contributed by atoms with Gasteiger partial charge in [0.05, 0.1) is 11.6 Å². The predicted molar refractivity (Wildman–Crippen MR) is 84.2 cm³/mol. The summed E-state index contributed by atoms with van der Waals surface area (Å²) >= 11 is 3.49. The van der Waals surface area contributed by atoms with Gasteiger partial charge in [0, 0.05) is 6.04 Å². The average molecular weight is 336 g/mol. The van der Waals surface area contributed by atoms with Crippen molar-refractivity contribution in [3.8, 4) is 11.5 Å². The van der Waals surface area contributed by atoms with Crippen LogP contribution in [0.4, 0.5) is 0 Å². The van der Waals surface area contributed by atoms with Crippen LogP contribution >= 0.6 is 15.9 Å². The van der Waals surface area contributed by atoms with Gasteiger partial charge in [-0.2, -0.15) is 0 Å². The zero-order chi connectivity index (χ0) is 14.5. The van der Waals surface area contributed by atoms with Crippen LogP contribution in [-0.2, 0) is 0 Å². The largest absolute Gasteiger partial charge is 0.497 e. The molecule has 0 aromatic heterocycles. The smallest absolute Gasteiger partial charge is 0.139 e. The first-order chi connectivity index (χ1) is 9.61. The van der Waals surface area contributed by atoms with Gasteiger partial charge in [-0.15, -0.1) is 0 Å². The number of benzene rings is 2. The summed E-state index contributed by atoms with van der Waals surface area (Å²) in [5, 5.41) is 0. The third-order valence-corrected chi connectivity index (χ3v) is 3.62. The van der Waals surface area contributed by atoms with E-state index >= 15 is 0 Å². The maximum atomic E-state index is 6.06. The van der Waals surface area contributed by atoms with Crippen molar-refractivity contribution in [1.82, 2.24) is 0 Å². The predicted octanol–water partition coefficient (Wildman–Crippen LogP) is 3.93. The molecule has 0 saturated heterocycles. The standard InChI is InChI=1S/C16H18BrNO2/c1-11(18)16(12-6-4-3-5-7-12)20-15-9-8-13(19-2)10-14(15)17/h3-11,16H,18H2,1-2H3. The second kappa shape index (κ2) is 6.77. The molecule has 0 heterocycles. The quantitative estimate of drug-likeness (QED) is 0.900. The molecule has 0 aliphatic heterocycles. The molecule has 0 spiro atoms. The highest BCUT2D eigenvalue weighted by atomic mass is 79.9. The summed E-state index contributed by atoms with van der Waals surface area (Å²) in [4.78, 5) is 0. The van der Waals surface area contributed by atoms with Gasteiger partial charge in [0.25, 0.3) is 0 Å². The van der Waals surface area contributed by atoms with Crippen LogP contribution in [0.2, 0.25) is 0 Å². The van der Waals surface area contributed by atoms with E-state index in [-0.39, 0.29) is 12.1 Å². The zero-order valence-electron chi connectivity index (χ0n) is 11.5. The fraction of sp³-hybridized carbons (Fsp3) is 0.250. The van der Waals surface area contributed by atoms with Crippen LogP contribution in [-0.4, -0.2) is 13.2 Å². The van der Waals surface area contributed by atoms with Crippen molar-refractivity contribution in [1.29, 1.82) is 0 Å². The van der Waals surface area contributed by atoms with E-state index in [0.717, 1.165) is 21.5 Å². The van der Waals surface area contributed by atoms with Crippen molar-refractivity contribution in [2.24, 2.45) is 5.73 Å². The van der Waals surface area contributed by atoms with Crippen LogP contribution in [0.5, 0.6) is 11.5 Å². The van der Waals surface area contributed by atoms with Crippen molar-refractivity contribution in [3.05, 3.63) is 58.6 Å². The molecule has 0 fully saturated rings. The first kappa shape index (κ1) is 14.9. The molecule has 2 N–H and O–H groups in total. The summed E-state index contributed by atoms with van der Waals surface area (Å²) in [6.07, 6.45) is -0.194. The van der Waals surface area contributed by atoms with E-state index in [1.807, 2.05) is 55.5 Å². The van der Waals surface area contributed by atoms with E-state index in [0.29, 0.717) is 0 Å². The fourth-order valence-electron chi connectivity index (χ4n) is 1.96. The Bertz CT molecular complexity index is 558. The Kier molecular flexibility index (Phi) is 5.04. The normalized spacial score (nSPS) is 13.6. The van der Waals surface area contributed by atoms with Crippen LogP contribution in [0.3, 0.4) is 0 Å². The number of methoxy groups -OCH3 is 1. The summed E-state index contributed by atoms with van der Waals surface area (Å²) in [5.74, 6) is 1.53. The lowest BCUT2D eigenvalue weighted by atomic mass is 10.0. The molecule has 2 unspecified atom stereocenters. The molecule has 2 atom stereocenters. The van der Waals surface area contributed by atoms with Gasteiger partial charge in [0.2, 0.25) is 0 Å². The monoisotopic (exact) mass is 335 g/mol. The number of halogens is 1. The molecule has 106 valence electrons. The second-order valence-electron chi connectivity index (χ2n) is 4.60. The fourth-order valence-corrected chi connectivity index (χ4v) is 2.41. The van der Waals surface area contributed by atoms with Crippen molar-refractivity contribution in [2.75, 3.05) is 7.11 Å². The van der Waals surface area contributed by atoms with Gasteiger partial charge in [-0.25, -0.2) is 0 Å². The zero-order valence-corrected chi connectivity index (χ0v) is 13.1. The summed E-state index contributed by atoms with van der Waals surface area (Å²) < 4.78 is 12.1. The molecule has 0 radical (unpaired) electrons.